The van der Waals surface area contributed by atoms with Gasteiger partial charge in [0.15, 0.2) is 0 Å². The number of methoxy groups -OCH3 is 1. The second kappa shape index (κ2) is 9.94. The van der Waals surface area contributed by atoms with Gasteiger partial charge in [-0.05, 0) is 48.0 Å². The van der Waals surface area contributed by atoms with Gasteiger partial charge in [0.25, 0.3) is 11.6 Å². The Morgan fingerprint density at radius 1 is 1.06 bits per heavy atom. The van der Waals surface area contributed by atoms with E-state index in [-0.39, 0.29) is 17.0 Å². The summed E-state index contributed by atoms with van der Waals surface area (Å²) in [6.45, 7) is -3.03. The molecule has 0 heterocycles. The molecule has 10 heteroatoms. The van der Waals surface area contributed by atoms with E-state index in [1.54, 1.807) is 43.3 Å². The van der Waals surface area contributed by atoms with Crippen LogP contribution in [0.1, 0.15) is 10.4 Å². The van der Waals surface area contributed by atoms with Gasteiger partial charge in [0.05, 0.1) is 12.0 Å². The molecule has 0 bridgehead atoms. The zero-order chi connectivity index (χ0) is 24.1. The van der Waals surface area contributed by atoms with Crippen LogP contribution in [0.3, 0.4) is 0 Å². The summed E-state index contributed by atoms with van der Waals surface area (Å²) in [5.74, 6) is -0.0759. The number of rotatable bonds is 8. The number of carbonyl (C=O) groups is 1. The van der Waals surface area contributed by atoms with Crippen molar-refractivity contribution in [1.29, 1.82) is 0 Å². The van der Waals surface area contributed by atoms with E-state index in [9.17, 15) is 23.7 Å². The third-order valence-corrected chi connectivity index (χ3v) is 4.77. The van der Waals surface area contributed by atoms with E-state index in [1.807, 2.05) is 0 Å². The first-order valence-electron chi connectivity index (χ1n) is 9.70. The molecule has 0 aromatic heterocycles. The van der Waals surface area contributed by atoms with Gasteiger partial charge in [-0.25, -0.2) is 0 Å². The Kier molecular flexibility index (Phi) is 7.07. The average molecular weight is 457 g/mol. The van der Waals surface area contributed by atoms with Gasteiger partial charge in [0.2, 0.25) is 0 Å². The molecule has 1 N–H and O–H groups in total. The summed E-state index contributed by atoms with van der Waals surface area (Å²) < 4.78 is 35.5. The van der Waals surface area contributed by atoms with Crippen molar-refractivity contribution < 1.29 is 28.0 Å². The van der Waals surface area contributed by atoms with Gasteiger partial charge >= 0.3 is 6.61 Å². The summed E-state index contributed by atoms with van der Waals surface area (Å²) >= 11 is 0. The van der Waals surface area contributed by atoms with Crippen molar-refractivity contribution in [2.75, 3.05) is 31.4 Å². The fraction of sp³-hybridized carbons (Fsp3) is 0.174. The fourth-order valence-electron chi connectivity index (χ4n) is 3.19. The van der Waals surface area contributed by atoms with Crippen molar-refractivity contribution in [3.8, 4) is 22.6 Å². The number of halogens is 2. The third kappa shape index (κ3) is 5.53. The molecule has 0 atom stereocenters. The second-order valence-electron chi connectivity index (χ2n) is 7.13. The van der Waals surface area contributed by atoms with Crippen molar-refractivity contribution in [2.45, 2.75) is 6.61 Å². The summed E-state index contributed by atoms with van der Waals surface area (Å²) in [4.78, 5) is 25.2. The number of nitro groups is 1. The van der Waals surface area contributed by atoms with Crippen LogP contribution in [-0.2, 0) is 0 Å². The van der Waals surface area contributed by atoms with E-state index in [0.717, 1.165) is 0 Å². The van der Waals surface area contributed by atoms with Crippen LogP contribution in [-0.4, -0.2) is 38.6 Å². The zero-order valence-electron chi connectivity index (χ0n) is 18.0. The molecule has 0 aliphatic carbocycles. The summed E-state index contributed by atoms with van der Waals surface area (Å²) in [5, 5.41) is 14.0. The van der Waals surface area contributed by atoms with E-state index < -0.39 is 17.4 Å². The molecular formula is C23H21F2N3O5. The Bertz CT molecular complexity index is 1170. The summed E-state index contributed by atoms with van der Waals surface area (Å²) in [7, 11) is 4.82. The number of ether oxygens (including phenoxy) is 2. The average Bonchev–Trinajstić information content (AvgIpc) is 2.79. The van der Waals surface area contributed by atoms with Gasteiger partial charge in [-0.15, -0.1) is 0 Å². The van der Waals surface area contributed by atoms with Crippen LogP contribution in [0.2, 0.25) is 0 Å². The third-order valence-electron chi connectivity index (χ3n) is 4.77. The molecule has 0 radical (unpaired) electrons. The lowest BCUT2D eigenvalue weighted by atomic mass is 10.0. The lowest BCUT2D eigenvalue weighted by Crippen LogP contribution is -2.15. The van der Waals surface area contributed by atoms with Gasteiger partial charge in [-0.2, -0.15) is 8.78 Å². The van der Waals surface area contributed by atoms with Gasteiger partial charge in [-0.3, -0.25) is 14.9 Å². The molecule has 3 rings (SSSR count). The highest BCUT2D eigenvalue weighted by atomic mass is 19.3. The Morgan fingerprint density at radius 3 is 2.33 bits per heavy atom. The predicted octanol–water partition coefficient (Wildman–Crippen LogP) is 5.19. The van der Waals surface area contributed by atoms with Gasteiger partial charge in [0, 0.05) is 37.0 Å². The van der Waals surface area contributed by atoms with Crippen LogP contribution in [0.4, 0.5) is 25.8 Å². The molecule has 0 saturated carbocycles. The van der Waals surface area contributed by atoms with Crippen molar-refractivity contribution in [1.82, 2.24) is 0 Å². The minimum atomic E-state index is -3.03. The van der Waals surface area contributed by atoms with Gasteiger partial charge < -0.3 is 19.7 Å². The number of hydrogen-bond acceptors (Lipinski definition) is 6. The first kappa shape index (κ1) is 23.5. The molecule has 8 nitrogen and oxygen atoms in total. The fourth-order valence-corrected chi connectivity index (χ4v) is 3.19. The van der Waals surface area contributed by atoms with E-state index in [4.69, 9.17) is 4.74 Å². The van der Waals surface area contributed by atoms with Crippen molar-refractivity contribution >= 4 is 23.0 Å². The second-order valence-corrected chi connectivity index (χ2v) is 7.13. The first-order valence-corrected chi connectivity index (χ1v) is 9.70. The molecule has 0 fully saturated rings. The minimum Gasteiger partial charge on any atom is -0.497 e. The molecule has 0 aliphatic rings. The number of hydrogen-bond donors (Lipinski definition) is 1. The van der Waals surface area contributed by atoms with Gasteiger partial charge in [0.1, 0.15) is 17.2 Å². The van der Waals surface area contributed by atoms with Crippen LogP contribution in [0.5, 0.6) is 11.5 Å². The number of benzene rings is 3. The van der Waals surface area contributed by atoms with Crippen LogP contribution in [0.25, 0.3) is 11.1 Å². The zero-order valence-corrected chi connectivity index (χ0v) is 18.0. The Labute approximate surface area is 188 Å². The Balaban J connectivity index is 1.94. The van der Waals surface area contributed by atoms with Crippen LogP contribution >= 0.6 is 0 Å². The van der Waals surface area contributed by atoms with Crippen LogP contribution < -0.4 is 19.7 Å². The minimum absolute atomic E-state index is 0.0702. The number of nitro benzene ring substituents is 1. The van der Waals surface area contributed by atoms with E-state index in [1.165, 1.54) is 43.5 Å². The van der Waals surface area contributed by atoms with Crippen molar-refractivity contribution in [2.24, 2.45) is 0 Å². The molecule has 0 aliphatic heterocycles. The van der Waals surface area contributed by atoms with Gasteiger partial charge in [-0.1, -0.05) is 12.1 Å². The molecule has 0 spiro atoms. The standard InChI is InChI=1S/C23H21F2N3O5/c1-27(2)19-10-6-15(12-20(19)28(30)31)22(29)26-16-7-11-21(33-23(24)25)18(13-16)14-4-8-17(32-3)9-5-14/h4-13,23H,1-3H3,(H,26,29). The highest BCUT2D eigenvalue weighted by molar-refractivity contribution is 6.05. The smallest absolute Gasteiger partial charge is 0.387 e. The predicted molar refractivity (Wildman–Crippen MR) is 120 cm³/mol. The summed E-state index contributed by atoms with van der Waals surface area (Å²) in [6.07, 6.45) is 0. The topological polar surface area (TPSA) is 93.9 Å². The Morgan fingerprint density at radius 2 is 1.76 bits per heavy atom. The Hall–Kier alpha value is -4.21. The number of alkyl halides is 2. The largest absolute Gasteiger partial charge is 0.497 e. The molecule has 0 saturated heterocycles. The lowest BCUT2D eigenvalue weighted by Gasteiger charge is -2.15. The quantitative estimate of drug-likeness (QED) is 0.370. The molecule has 0 unspecified atom stereocenters. The van der Waals surface area contributed by atoms with E-state index >= 15 is 0 Å². The maximum atomic E-state index is 12.9. The van der Waals surface area contributed by atoms with E-state index in [0.29, 0.717) is 28.3 Å². The molecule has 33 heavy (non-hydrogen) atoms. The lowest BCUT2D eigenvalue weighted by molar-refractivity contribution is -0.384. The number of nitrogens with one attached hydrogen (secondary N) is 1. The highest BCUT2D eigenvalue weighted by Gasteiger charge is 2.20. The molecule has 172 valence electrons. The summed E-state index contributed by atoms with van der Waals surface area (Å²) in [6, 6.07) is 15.0. The van der Waals surface area contributed by atoms with E-state index in [2.05, 4.69) is 10.1 Å². The molecular weight excluding hydrogens is 436 g/mol. The SMILES string of the molecule is COc1ccc(-c2cc(NC(=O)c3ccc(N(C)C)c([N+](=O)[O-])c3)ccc2OC(F)F)cc1. The molecule has 3 aromatic carbocycles. The van der Waals surface area contributed by atoms with Crippen molar-refractivity contribution in [3.05, 3.63) is 76.3 Å². The number of amides is 1. The number of anilines is 2. The maximum absolute atomic E-state index is 12.9. The van der Waals surface area contributed by atoms with Crippen molar-refractivity contribution in [3.63, 3.8) is 0 Å². The molecule has 3 aromatic rings. The first-order chi connectivity index (χ1) is 15.7. The highest BCUT2D eigenvalue weighted by Crippen LogP contribution is 2.35. The van der Waals surface area contributed by atoms with Crippen LogP contribution in [0, 0.1) is 10.1 Å². The number of nitrogens with zero attached hydrogens (tertiary/aromatic N) is 2. The molecule has 1 amide bonds. The monoisotopic (exact) mass is 457 g/mol. The maximum Gasteiger partial charge on any atom is 0.387 e. The normalized spacial score (nSPS) is 10.6. The number of carbonyl (C=O) groups excluding carboxylic acids is 1. The van der Waals surface area contributed by atoms with Crippen LogP contribution in [0.15, 0.2) is 60.7 Å². The summed E-state index contributed by atoms with van der Waals surface area (Å²) in [5.41, 5.74) is 1.40.